The highest BCUT2D eigenvalue weighted by Gasteiger charge is 2.62. The largest absolute Gasteiger partial charge is 0.468 e. The SMILES string of the molecule is COC(=O)C(C(C)C)(C1CCC1)P(=O)(O)O. The Bertz CT molecular complexity index is 317. The monoisotopic (exact) mass is 250 g/mol. The van der Waals surface area contributed by atoms with Gasteiger partial charge < -0.3 is 14.5 Å². The summed E-state index contributed by atoms with van der Waals surface area (Å²) in [6.07, 6.45) is 2.27. The Balaban J connectivity index is 3.25. The molecule has 1 aliphatic carbocycles. The van der Waals surface area contributed by atoms with Crippen molar-refractivity contribution in [1.82, 2.24) is 0 Å². The number of carbonyl (C=O) groups is 1. The first-order chi connectivity index (χ1) is 7.28. The predicted molar refractivity (Wildman–Crippen MR) is 59.0 cm³/mol. The lowest BCUT2D eigenvalue weighted by Crippen LogP contribution is -2.52. The topological polar surface area (TPSA) is 83.8 Å². The van der Waals surface area contributed by atoms with Gasteiger partial charge in [0.1, 0.15) is 0 Å². The van der Waals surface area contributed by atoms with Crippen molar-refractivity contribution < 1.29 is 23.9 Å². The standard InChI is InChI=1S/C10H19O5P/c1-7(2)10(9(11)15-3,16(12,13)14)8-5-4-6-8/h7-8H,4-6H2,1-3H3,(H2,12,13,14). The first-order valence-corrected chi connectivity index (χ1v) is 7.03. The van der Waals surface area contributed by atoms with Crippen molar-refractivity contribution in [3.63, 3.8) is 0 Å². The zero-order valence-electron chi connectivity index (χ0n) is 9.84. The molecule has 0 radical (unpaired) electrons. The maximum atomic E-state index is 11.8. The first-order valence-electron chi connectivity index (χ1n) is 5.42. The molecule has 1 atom stereocenters. The molecule has 94 valence electrons. The molecule has 0 aromatic carbocycles. The average Bonchev–Trinajstić information content (AvgIpc) is 2.06. The van der Waals surface area contributed by atoms with E-state index in [9.17, 15) is 19.1 Å². The van der Waals surface area contributed by atoms with Crippen LogP contribution in [0.4, 0.5) is 0 Å². The third-order valence-corrected chi connectivity index (χ3v) is 5.63. The van der Waals surface area contributed by atoms with Crippen molar-refractivity contribution in [2.75, 3.05) is 7.11 Å². The molecule has 6 heteroatoms. The van der Waals surface area contributed by atoms with E-state index < -0.39 is 24.6 Å². The fourth-order valence-electron chi connectivity index (χ4n) is 2.58. The Kier molecular flexibility index (Phi) is 3.83. The van der Waals surface area contributed by atoms with Gasteiger partial charge in [-0.15, -0.1) is 0 Å². The highest BCUT2D eigenvalue weighted by Crippen LogP contribution is 2.63. The minimum Gasteiger partial charge on any atom is -0.468 e. The number of esters is 1. The molecule has 5 nitrogen and oxygen atoms in total. The number of ether oxygens (including phenoxy) is 1. The Hall–Kier alpha value is -0.380. The van der Waals surface area contributed by atoms with Gasteiger partial charge in [-0.05, 0) is 24.7 Å². The van der Waals surface area contributed by atoms with Crippen LogP contribution in [-0.2, 0) is 14.1 Å². The van der Waals surface area contributed by atoms with Crippen molar-refractivity contribution in [1.29, 1.82) is 0 Å². The van der Waals surface area contributed by atoms with Crippen molar-refractivity contribution in [2.24, 2.45) is 11.8 Å². The first kappa shape index (κ1) is 13.7. The number of rotatable bonds is 4. The summed E-state index contributed by atoms with van der Waals surface area (Å²) in [6, 6.07) is 0. The van der Waals surface area contributed by atoms with Crippen LogP contribution in [0.25, 0.3) is 0 Å². The molecule has 0 aromatic rings. The minimum atomic E-state index is -4.53. The molecule has 0 amide bonds. The van der Waals surface area contributed by atoms with Crippen LogP contribution in [-0.4, -0.2) is 28.0 Å². The molecular weight excluding hydrogens is 231 g/mol. The van der Waals surface area contributed by atoms with E-state index in [-0.39, 0.29) is 5.92 Å². The fourth-order valence-corrected chi connectivity index (χ4v) is 4.31. The predicted octanol–water partition coefficient (Wildman–Crippen LogP) is 1.53. The molecular formula is C10H19O5P. The zero-order chi connectivity index (χ0) is 12.6. The summed E-state index contributed by atoms with van der Waals surface area (Å²) in [5, 5.41) is -1.65. The molecule has 0 bridgehead atoms. The average molecular weight is 250 g/mol. The highest BCUT2D eigenvalue weighted by molar-refractivity contribution is 7.54. The Morgan fingerprint density at radius 3 is 2.12 bits per heavy atom. The van der Waals surface area contributed by atoms with E-state index in [1.807, 2.05) is 0 Å². The molecule has 1 saturated carbocycles. The fraction of sp³-hybridized carbons (Fsp3) is 0.900. The second-order valence-corrected chi connectivity index (χ2v) is 6.47. The second-order valence-electron chi connectivity index (χ2n) is 4.64. The third-order valence-electron chi connectivity index (χ3n) is 3.60. The van der Waals surface area contributed by atoms with Crippen LogP contribution in [0.2, 0.25) is 0 Å². The van der Waals surface area contributed by atoms with Crippen LogP contribution >= 0.6 is 7.60 Å². The summed E-state index contributed by atoms with van der Waals surface area (Å²) in [4.78, 5) is 30.9. The Morgan fingerprint density at radius 1 is 1.44 bits per heavy atom. The van der Waals surface area contributed by atoms with Crippen LogP contribution in [0.15, 0.2) is 0 Å². The van der Waals surface area contributed by atoms with Gasteiger partial charge in [-0.2, -0.15) is 0 Å². The minimum absolute atomic E-state index is 0.263. The molecule has 1 fully saturated rings. The molecule has 1 rings (SSSR count). The number of methoxy groups -OCH3 is 1. The van der Waals surface area contributed by atoms with E-state index >= 15 is 0 Å². The van der Waals surface area contributed by atoms with Gasteiger partial charge in [-0.1, -0.05) is 20.3 Å². The molecule has 16 heavy (non-hydrogen) atoms. The van der Waals surface area contributed by atoms with Crippen LogP contribution in [0.1, 0.15) is 33.1 Å². The van der Waals surface area contributed by atoms with Crippen LogP contribution < -0.4 is 0 Å². The second kappa shape index (κ2) is 4.47. The number of carbonyl (C=O) groups excluding carboxylic acids is 1. The van der Waals surface area contributed by atoms with E-state index in [0.717, 1.165) is 6.42 Å². The van der Waals surface area contributed by atoms with E-state index in [1.54, 1.807) is 13.8 Å². The summed E-state index contributed by atoms with van der Waals surface area (Å²) >= 11 is 0. The molecule has 0 aromatic heterocycles. The van der Waals surface area contributed by atoms with Crippen molar-refractivity contribution in [2.45, 2.75) is 38.3 Å². The lowest BCUT2D eigenvalue weighted by atomic mass is 9.70. The van der Waals surface area contributed by atoms with Gasteiger partial charge in [-0.25, -0.2) is 0 Å². The summed E-state index contributed by atoms with van der Waals surface area (Å²) in [6.45, 7) is 3.32. The number of hydrogen-bond acceptors (Lipinski definition) is 3. The van der Waals surface area contributed by atoms with E-state index in [1.165, 1.54) is 7.11 Å². The molecule has 0 spiro atoms. The maximum absolute atomic E-state index is 11.8. The van der Waals surface area contributed by atoms with Crippen LogP contribution in [0.5, 0.6) is 0 Å². The maximum Gasteiger partial charge on any atom is 0.343 e. The normalized spacial score (nSPS) is 21.4. The van der Waals surface area contributed by atoms with Gasteiger partial charge in [0.15, 0.2) is 5.16 Å². The molecule has 1 aliphatic rings. The summed E-state index contributed by atoms with van der Waals surface area (Å²) < 4.78 is 16.4. The molecule has 1 unspecified atom stereocenters. The smallest absolute Gasteiger partial charge is 0.343 e. The lowest BCUT2D eigenvalue weighted by molar-refractivity contribution is -0.149. The quantitative estimate of drug-likeness (QED) is 0.584. The molecule has 0 aliphatic heterocycles. The van der Waals surface area contributed by atoms with Gasteiger partial charge in [0.2, 0.25) is 0 Å². The molecule has 0 saturated heterocycles. The molecule has 0 heterocycles. The Morgan fingerprint density at radius 2 is 1.94 bits per heavy atom. The zero-order valence-corrected chi connectivity index (χ0v) is 10.7. The lowest BCUT2D eigenvalue weighted by Gasteiger charge is -2.45. The van der Waals surface area contributed by atoms with E-state index in [4.69, 9.17) is 0 Å². The van der Waals surface area contributed by atoms with Gasteiger partial charge in [0.25, 0.3) is 0 Å². The van der Waals surface area contributed by atoms with Gasteiger partial charge in [0, 0.05) is 0 Å². The van der Waals surface area contributed by atoms with E-state index in [0.29, 0.717) is 12.8 Å². The number of hydrogen-bond donors (Lipinski definition) is 2. The van der Waals surface area contributed by atoms with Gasteiger partial charge in [-0.3, -0.25) is 9.36 Å². The van der Waals surface area contributed by atoms with Crippen molar-refractivity contribution in [3.8, 4) is 0 Å². The van der Waals surface area contributed by atoms with Crippen LogP contribution in [0.3, 0.4) is 0 Å². The van der Waals surface area contributed by atoms with Gasteiger partial charge >= 0.3 is 13.6 Å². The Labute approximate surface area is 95.3 Å². The van der Waals surface area contributed by atoms with E-state index in [2.05, 4.69) is 4.74 Å². The van der Waals surface area contributed by atoms with Crippen molar-refractivity contribution in [3.05, 3.63) is 0 Å². The summed E-state index contributed by atoms with van der Waals surface area (Å²) in [5.74, 6) is -1.48. The highest BCUT2D eigenvalue weighted by atomic mass is 31.2. The van der Waals surface area contributed by atoms with Crippen molar-refractivity contribution >= 4 is 13.6 Å². The third kappa shape index (κ3) is 1.81. The summed E-state index contributed by atoms with van der Waals surface area (Å²) in [7, 11) is -3.36. The molecule has 2 N–H and O–H groups in total. The van der Waals surface area contributed by atoms with Crippen LogP contribution in [0, 0.1) is 11.8 Å². The summed E-state index contributed by atoms with van der Waals surface area (Å²) in [5.41, 5.74) is 0. The van der Waals surface area contributed by atoms with Gasteiger partial charge in [0.05, 0.1) is 7.11 Å².